The fourth-order valence-electron chi connectivity index (χ4n) is 12.0. The lowest BCUT2D eigenvalue weighted by molar-refractivity contribution is -0.0975. The standard InChI is InChI=1S/C46H58N2O4S/c1-30-8-7-18-44(3)40(38-15-13-32(23-37(49)14-11-30)24-39(38)42(50)41-16-12-31(2)53-41)17-19-46(44,52)29-48(43(51)47-36-9-5-4-6-10-36)28-45-25-33-20-34(26-45)22-35(21-33)27-45/h4-6,8-10,12-13,15-16,24,33-35,37,40,49,52H,7,11,14,17-23,25-29H2,1-3H3,(H,47,51)/t33?,34?,35?,37-,40-,44-,45?,46+/m0/s1. The topological polar surface area (TPSA) is 89.9 Å². The SMILES string of the molecule is CC1=CCC[C@@]2(C)[C@@H](CC[C@@]2(O)CN(CC23CC4CC(CC(C4)C2)C3)C(=O)Nc2ccccc2)c2ccc(cc2C(=O)c2ccc(C)s2)C[C@@H](O)CC1. The molecule has 7 aliphatic rings. The molecule has 0 aliphatic heterocycles. The first-order valence-electron chi connectivity index (χ1n) is 20.3. The van der Waals surface area contributed by atoms with Crippen molar-refractivity contribution >= 4 is 28.8 Å². The number of carbonyl (C=O) groups is 2. The summed E-state index contributed by atoms with van der Waals surface area (Å²) in [6.45, 7) is 7.35. The van der Waals surface area contributed by atoms with Crippen LogP contribution in [0.15, 0.2) is 72.3 Å². The summed E-state index contributed by atoms with van der Waals surface area (Å²) in [7, 11) is 0. The summed E-state index contributed by atoms with van der Waals surface area (Å²) in [5.41, 5.74) is 3.00. The van der Waals surface area contributed by atoms with Crippen LogP contribution in [0.5, 0.6) is 0 Å². The Morgan fingerprint density at radius 3 is 2.30 bits per heavy atom. The Labute approximate surface area is 320 Å². The number of nitrogens with one attached hydrogen (secondary N) is 1. The van der Waals surface area contributed by atoms with E-state index in [1.807, 2.05) is 60.4 Å². The van der Waals surface area contributed by atoms with Gasteiger partial charge in [-0.1, -0.05) is 48.9 Å². The van der Waals surface area contributed by atoms with Gasteiger partial charge in [0.15, 0.2) is 0 Å². The van der Waals surface area contributed by atoms with E-state index in [-0.39, 0.29) is 29.7 Å². The zero-order valence-corrected chi connectivity index (χ0v) is 32.7. The fourth-order valence-corrected chi connectivity index (χ4v) is 12.8. The smallest absolute Gasteiger partial charge is 0.321 e. The van der Waals surface area contributed by atoms with Gasteiger partial charge in [-0.25, -0.2) is 4.79 Å². The Hall–Kier alpha value is -3.26. The van der Waals surface area contributed by atoms with Gasteiger partial charge in [-0.2, -0.15) is 0 Å². The van der Waals surface area contributed by atoms with Crippen molar-refractivity contribution < 1.29 is 19.8 Å². The fraction of sp³-hybridized carbons (Fsp3) is 0.565. The molecule has 0 spiro atoms. The minimum Gasteiger partial charge on any atom is -0.393 e. The highest BCUT2D eigenvalue weighted by Crippen LogP contribution is 2.62. The first kappa shape index (κ1) is 36.7. The molecule has 7 heteroatoms. The highest BCUT2D eigenvalue weighted by Gasteiger charge is 2.59. The number of para-hydroxylation sites is 1. The lowest BCUT2D eigenvalue weighted by Crippen LogP contribution is -2.58. The predicted octanol–water partition coefficient (Wildman–Crippen LogP) is 10.1. The number of aliphatic hydroxyl groups excluding tert-OH is 1. The molecule has 3 N–H and O–H groups in total. The summed E-state index contributed by atoms with van der Waals surface area (Å²) >= 11 is 1.52. The number of allylic oxidation sites excluding steroid dienone is 2. The van der Waals surface area contributed by atoms with Crippen molar-refractivity contribution in [3.05, 3.63) is 98.8 Å². The van der Waals surface area contributed by atoms with E-state index >= 15 is 0 Å². The van der Waals surface area contributed by atoms with Gasteiger partial charge in [-0.3, -0.25) is 4.79 Å². The van der Waals surface area contributed by atoms with Crippen LogP contribution in [0.2, 0.25) is 0 Å². The van der Waals surface area contributed by atoms with E-state index in [1.165, 1.54) is 55.4 Å². The first-order chi connectivity index (χ1) is 25.4. The largest absolute Gasteiger partial charge is 0.393 e. The van der Waals surface area contributed by atoms with Gasteiger partial charge in [-0.15, -0.1) is 11.3 Å². The molecule has 0 radical (unpaired) electrons. The number of hydrogen-bond donors (Lipinski definition) is 3. The van der Waals surface area contributed by atoms with Gasteiger partial charge >= 0.3 is 6.03 Å². The third-order valence-corrected chi connectivity index (χ3v) is 15.3. The summed E-state index contributed by atoms with van der Waals surface area (Å²) in [5, 5.41) is 27.5. The molecule has 0 saturated heterocycles. The monoisotopic (exact) mass is 734 g/mol. The molecule has 1 aromatic heterocycles. The van der Waals surface area contributed by atoms with E-state index in [0.29, 0.717) is 31.4 Å². The number of thiophene rings is 1. The van der Waals surface area contributed by atoms with Gasteiger partial charge in [0.25, 0.3) is 0 Å². The molecule has 7 aliphatic carbocycles. The molecular weight excluding hydrogens is 677 g/mol. The second kappa shape index (κ2) is 14.4. The van der Waals surface area contributed by atoms with Gasteiger partial charge in [0.2, 0.25) is 5.78 Å². The summed E-state index contributed by atoms with van der Waals surface area (Å²) in [5.74, 6) is 2.22. The van der Waals surface area contributed by atoms with E-state index in [9.17, 15) is 19.8 Å². The predicted molar refractivity (Wildman–Crippen MR) is 214 cm³/mol. The Kier molecular flexibility index (Phi) is 9.99. The van der Waals surface area contributed by atoms with Gasteiger partial charge in [0.05, 0.1) is 23.1 Å². The quantitative estimate of drug-likeness (QED) is 0.167. The van der Waals surface area contributed by atoms with Crippen LogP contribution >= 0.6 is 11.3 Å². The number of anilines is 1. The summed E-state index contributed by atoms with van der Waals surface area (Å²) in [6, 6.07) is 19.8. The second-order valence-corrected chi connectivity index (χ2v) is 19.5. The van der Waals surface area contributed by atoms with Gasteiger partial charge in [-0.05, 0) is 168 Å². The molecule has 5 saturated carbocycles. The van der Waals surface area contributed by atoms with Crippen LogP contribution in [0.3, 0.4) is 0 Å². The maximum Gasteiger partial charge on any atom is 0.321 e. The number of urea groups is 1. The van der Waals surface area contributed by atoms with Crippen LogP contribution in [0.25, 0.3) is 0 Å². The highest BCUT2D eigenvalue weighted by molar-refractivity contribution is 7.14. The lowest BCUT2D eigenvalue weighted by Gasteiger charge is -2.58. The summed E-state index contributed by atoms with van der Waals surface area (Å²) in [6.07, 6.45) is 14.2. The molecule has 6 nitrogen and oxygen atoms in total. The first-order valence-corrected chi connectivity index (χ1v) is 21.1. The van der Waals surface area contributed by atoms with Crippen molar-refractivity contribution in [2.75, 3.05) is 18.4 Å². The Morgan fingerprint density at radius 1 is 0.906 bits per heavy atom. The average Bonchev–Trinajstić information content (AvgIpc) is 3.66. The van der Waals surface area contributed by atoms with Crippen molar-refractivity contribution in [1.82, 2.24) is 4.90 Å². The van der Waals surface area contributed by atoms with E-state index in [1.54, 1.807) is 0 Å². The van der Waals surface area contributed by atoms with E-state index in [0.717, 1.165) is 70.0 Å². The number of hydrogen-bond acceptors (Lipinski definition) is 5. The number of aryl methyl sites for hydroxylation is 1. The van der Waals surface area contributed by atoms with E-state index < -0.39 is 17.1 Å². The summed E-state index contributed by atoms with van der Waals surface area (Å²) in [4.78, 5) is 32.7. The molecule has 4 atom stereocenters. The van der Waals surface area contributed by atoms with Crippen molar-refractivity contribution in [2.24, 2.45) is 28.6 Å². The number of benzene rings is 2. The number of rotatable bonds is 7. The van der Waals surface area contributed by atoms with E-state index in [2.05, 4.69) is 37.4 Å². The third kappa shape index (κ3) is 7.30. The number of ketones is 1. The molecular formula is C46H58N2O4S. The molecule has 282 valence electrons. The third-order valence-electron chi connectivity index (χ3n) is 14.3. The second-order valence-electron chi connectivity index (χ2n) is 18.3. The van der Waals surface area contributed by atoms with Crippen molar-refractivity contribution in [2.45, 2.75) is 122 Å². The number of aliphatic hydroxyl groups is 2. The minimum atomic E-state index is -1.17. The normalized spacial score (nSPS) is 33.6. The minimum absolute atomic E-state index is 0.0146. The van der Waals surface area contributed by atoms with Gasteiger partial charge in [0, 0.05) is 28.1 Å². The Morgan fingerprint density at radius 2 is 1.62 bits per heavy atom. The number of carbonyl (C=O) groups excluding carboxylic acids is 2. The maximum absolute atomic E-state index is 14.5. The Bertz CT molecular complexity index is 1830. The van der Waals surface area contributed by atoms with Crippen LogP contribution in [0.1, 0.15) is 128 Å². The van der Waals surface area contributed by atoms with Crippen LogP contribution < -0.4 is 5.32 Å². The number of amides is 2. The molecule has 1 heterocycles. The molecule has 10 rings (SSSR count). The highest BCUT2D eigenvalue weighted by atomic mass is 32.1. The van der Waals surface area contributed by atoms with Crippen LogP contribution in [0, 0.1) is 35.5 Å². The molecule has 0 unspecified atom stereocenters. The molecule has 2 amide bonds. The molecule has 6 bridgehead atoms. The van der Waals surface area contributed by atoms with Crippen molar-refractivity contribution in [3.8, 4) is 0 Å². The molecule has 53 heavy (non-hydrogen) atoms. The van der Waals surface area contributed by atoms with Crippen molar-refractivity contribution in [3.63, 3.8) is 0 Å². The van der Waals surface area contributed by atoms with Crippen LogP contribution in [0.4, 0.5) is 10.5 Å². The molecule has 2 aromatic carbocycles. The van der Waals surface area contributed by atoms with E-state index in [4.69, 9.17) is 0 Å². The number of nitrogens with zero attached hydrogens (tertiary/aromatic N) is 1. The van der Waals surface area contributed by atoms with Crippen LogP contribution in [-0.2, 0) is 6.42 Å². The van der Waals surface area contributed by atoms with Gasteiger partial charge in [0.1, 0.15) is 0 Å². The summed E-state index contributed by atoms with van der Waals surface area (Å²) < 4.78 is 0. The average molecular weight is 735 g/mol. The van der Waals surface area contributed by atoms with Gasteiger partial charge < -0.3 is 20.4 Å². The maximum atomic E-state index is 14.5. The van der Waals surface area contributed by atoms with Crippen molar-refractivity contribution in [1.29, 1.82) is 0 Å². The molecule has 5 fully saturated rings. The Balaban J connectivity index is 1.18. The number of fused-ring (bicyclic) bond motifs is 8. The zero-order chi connectivity index (χ0) is 37.0. The zero-order valence-electron chi connectivity index (χ0n) is 31.9. The lowest BCUT2D eigenvalue weighted by atomic mass is 9.49. The molecule has 3 aromatic rings. The van der Waals surface area contributed by atoms with Crippen LogP contribution in [-0.4, -0.2) is 51.7 Å².